The third kappa shape index (κ3) is 6.03. The minimum Gasteiger partial charge on any atom is -0.481 e. The van der Waals surface area contributed by atoms with E-state index in [2.05, 4.69) is 15.8 Å². The molecule has 33 heavy (non-hydrogen) atoms. The van der Waals surface area contributed by atoms with Crippen LogP contribution in [0.5, 0.6) is 0 Å². The van der Waals surface area contributed by atoms with Crippen molar-refractivity contribution in [2.24, 2.45) is 11.1 Å². The first-order chi connectivity index (χ1) is 15.8. The quantitative estimate of drug-likeness (QED) is 0.323. The van der Waals surface area contributed by atoms with E-state index in [0.717, 1.165) is 33.7 Å². The molecule has 4 N–H and O–H groups in total. The highest BCUT2D eigenvalue weighted by Crippen LogP contribution is 2.38. The third-order valence-electron chi connectivity index (χ3n) is 5.88. The van der Waals surface area contributed by atoms with Crippen molar-refractivity contribution in [3.05, 3.63) is 63.7 Å². The van der Waals surface area contributed by atoms with Crippen LogP contribution in [-0.4, -0.2) is 48.1 Å². The number of nitrogens with zero attached hydrogens (tertiary/aromatic N) is 1. The van der Waals surface area contributed by atoms with Crippen molar-refractivity contribution in [1.29, 1.82) is 0 Å². The van der Waals surface area contributed by atoms with Gasteiger partial charge in [-0.15, -0.1) is 0 Å². The number of oxime groups is 1. The van der Waals surface area contributed by atoms with Crippen LogP contribution in [0.3, 0.4) is 0 Å². The Bertz CT molecular complexity index is 1040. The number of hydrogen-bond acceptors (Lipinski definition) is 6. The first-order valence-corrected chi connectivity index (χ1v) is 11.1. The van der Waals surface area contributed by atoms with E-state index in [0.29, 0.717) is 31.1 Å². The number of halogens is 1. The molecule has 176 valence electrons. The summed E-state index contributed by atoms with van der Waals surface area (Å²) < 4.78 is 0. The molecule has 2 aromatic rings. The summed E-state index contributed by atoms with van der Waals surface area (Å²) in [7, 11) is 1.51. The third-order valence-corrected chi connectivity index (χ3v) is 6.20. The molecule has 0 radical (unpaired) electrons. The summed E-state index contributed by atoms with van der Waals surface area (Å²) in [6.45, 7) is 3.42. The highest BCUT2D eigenvalue weighted by molar-refractivity contribution is 6.33. The molecule has 9 heteroatoms. The Kier molecular flexibility index (Phi) is 8.30. The maximum absolute atomic E-state index is 11.9. The van der Waals surface area contributed by atoms with Crippen molar-refractivity contribution in [2.75, 3.05) is 25.5 Å². The number of anilines is 1. The second kappa shape index (κ2) is 11.2. The molecule has 0 aliphatic carbocycles. The van der Waals surface area contributed by atoms with Crippen LogP contribution in [0.25, 0.3) is 0 Å². The molecule has 0 bridgehead atoms. The summed E-state index contributed by atoms with van der Waals surface area (Å²) in [5, 5.41) is 30.1. The minimum absolute atomic E-state index is 0.391. The lowest BCUT2D eigenvalue weighted by Crippen LogP contribution is -2.31. The molecule has 0 saturated heterocycles. The maximum Gasteiger partial charge on any atom is 0.307 e. The first kappa shape index (κ1) is 24.5. The number of hydrogen-bond donors (Lipinski definition) is 4. The summed E-state index contributed by atoms with van der Waals surface area (Å²) in [5.74, 6) is -3.76. The van der Waals surface area contributed by atoms with Crippen LogP contribution >= 0.6 is 11.6 Å². The van der Waals surface area contributed by atoms with Gasteiger partial charge in [-0.3, -0.25) is 9.59 Å². The average Bonchev–Trinajstić information content (AvgIpc) is 2.99. The highest BCUT2D eigenvalue weighted by Gasteiger charge is 2.34. The van der Waals surface area contributed by atoms with Crippen molar-refractivity contribution >= 4 is 34.9 Å². The van der Waals surface area contributed by atoms with Crippen LogP contribution in [0, 0.1) is 5.92 Å². The van der Waals surface area contributed by atoms with Crippen LogP contribution in [0.1, 0.15) is 41.5 Å². The Morgan fingerprint density at radius 1 is 1.24 bits per heavy atom. The van der Waals surface area contributed by atoms with Crippen LogP contribution in [0.15, 0.2) is 41.6 Å². The lowest BCUT2D eigenvalue weighted by molar-refractivity contribution is -0.149. The Morgan fingerprint density at radius 3 is 2.61 bits per heavy atom. The molecule has 0 amide bonds. The van der Waals surface area contributed by atoms with Crippen molar-refractivity contribution in [3.8, 4) is 0 Å². The van der Waals surface area contributed by atoms with Gasteiger partial charge in [0.15, 0.2) is 0 Å². The largest absolute Gasteiger partial charge is 0.481 e. The van der Waals surface area contributed by atoms with Gasteiger partial charge in [-0.1, -0.05) is 47.1 Å². The zero-order valence-electron chi connectivity index (χ0n) is 18.6. The monoisotopic (exact) mass is 473 g/mol. The summed E-state index contributed by atoms with van der Waals surface area (Å²) >= 11 is 6.53. The van der Waals surface area contributed by atoms with Gasteiger partial charge in [0.2, 0.25) is 0 Å². The summed E-state index contributed by atoms with van der Waals surface area (Å²) in [5.41, 5.74) is 5.27. The number of benzene rings is 2. The summed E-state index contributed by atoms with van der Waals surface area (Å²) in [4.78, 5) is 28.0. The summed E-state index contributed by atoms with van der Waals surface area (Å²) in [6.07, 6.45) is 0.213. The fraction of sp³-hybridized carbons (Fsp3) is 0.375. The van der Waals surface area contributed by atoms with Crippen LogP contribution in [-0.2, 0) is 27.4 Å². The lowest BCUT2D eigenvalue weighted by Gasteiger charge is -2.25. The van der Waals surface area contributed by atoms with E-state index in [1.54, 1.807) is 6.07 Å². The molecular formula is C24H28ClN3O5. The average molecular weight is 474 g/mol. The molecule has 2 atom stereocenters. The van der Waals surface area contributed by atoms with E-state index in [1.807, 2.05) is 37.3 Å². The van der Waals surface area contributed by atoms with Gasteiger partial charge >= 0.3 is 11.9 Å². The Labute approximate surface area is 197 Å². The zero-order chi connectivity index (χ0) is 24.0. The number of carboxylic acids is 2. The number of nitrogens with one attached hydrogen (secondary N) is 2. The number of aliphatic carboxylic acids is 2. The number of carboxylic acid groups (broad SMARTS) is 2. The fourth-order valence-electron chi connectivity index (χ4n) is 4.22. The van der Waals surface area contributed by atoms with Gasteiger partial charge in [-0.25, -0.2) is 0 Å². The highest BCUT2D eigenvalue weighted by atomic mass is 35.5. The van der Waals surface area contributed by atoms with Gasteiger partial charge in [0.1, 0.15) is 7.11 Å². The van der Waals surface area contributed by atoms with Gasteiger partial charge in [-0.2, -0.15) is 0 Å². The Balaban J connectivity index is 1.88. The van der Waals surface area contributed by atoms with E-state index < -0.39 is 30.2 Å². The normalized spacial score (nSPS) is 16.9. The van der Waals surface area contributed by atoms with E-state index in [1.165, 1.54) is 7.11 Å². The molecule has 1 aliphatic rings. The first-order valence-electron chi connectivity index (χ1n) is 10.7. The zero-order valence-corrected chi connectivity index (χ0v) is 19.4. The van der Waals surface area contributed by atoms with Gasteiger partial charge in [0, 0.05) is 19.0 Å². The molecular weight excluding hydrogens is 446 g/mol. The van der Waals surface area contributed by atoms with Crippen LogP contribution in [0.4, 0.5) is 5.69 Å². The molecule has 0 saturated carbocycles. The van der Waals surface area contributed by atoms with E-state index in [-0.39, 0.29) is 0 Å². The predicted octanol–water partition coefficient (Wildman–Crippen LogP) is 3.73. The minimum atomic E-state index is -1.13. The van der Waals surface area contributed by atoms with Crippen molar-refractivity contribution in [3.63, 3.8) is 0 Å². The second-order valence-corrected chi connectivity index (χ2v) is 8.41. The van der Waals surface area contributed by atoms with E-state index in [4.69, 9.17) is 16.4 Å². The van der Waals surface area contributed by atoms with Gasteiger partial charge in [0.05, 0.1) is 28.8 Å². The number of fused-ring (bicyclic) bond motifs is 1. The molecule has 3 rings (SSSR count). The summed E-state index contributed by atoms with van der Waals surface area (Å²) in [6, 6.07) is 11.5. The smallest absolute Gasteiger partial charge is 0.307 e. The van der Waals surface area contributed by atoms with Crippen molar-refractivity contribution in [2.45, 2.75) is 32.2 Å². The predicted molar refractivity (Wildman–Crippen MR) is 127 cm³/mol. The topological polar surface area (TPSA) is 120 Å². The van der Waals surface area contributed by atoms with E-state index in [9.17, 15) is 19.8 Å². The van der Waals surface area contributed by atoms with Gasteiger partial charge in [-0.05, 0) is 48.2 Å². The molecule has 0 spiro atoms. The number of rotatable bonds is 9. The van der Waals surface area contributed by atoms with Crippen molar-refractivity contribution < 1.29 is 24.6 Å². The molecule has 1 aliphatic heterocycles. The molecule has 1 heterocycles. The lowest BCUT2D eigenvalue weighted by atomic mass is 9.81. The van der Waals surface area contributed by atoms with Crippen LogP contribution in [0.2, 0.25) is 5.02 Å². The standard InChI is InChI=1S/C24H28ClN3O5/c1-14(28-33-2)16-5-3-15(4-6-16)12-27-23-18-9-10-26-13-20(17(18)7-8-21(23)25)19(24(31)32)11-22(29)30/h3-8,19-20,26-27H,9-13H2,1-2H3,(H,29,30)(H,31,32). The van der Waals surface area contributed by atoms with E-state index >= 15 is 0 Å². The van der Waals surface area contributed by atoms with Crippen LogP contribution < -0.4 is 10.6 Å². The molecule has 0 aromatic heterocycles. The SMILES string of the molecule is CON=C(C)c1ccc(CNc2c(Cl)ccc3c2CCNCC3C(CC(=O)O)C(=O)O)cc1. The molecule has 0 fully saturated rings. The molecule has 2 unspecified atom stereocenters. The van der Waals surface area contributed by atoms with Crippen molar-refractivity contribution in [1.82, 2.24) is 5.32 Å². The molecule has 2 aromatic carbocycles. The number of carbonyl (C=O) groups is 2. The molecule has 8 nitrogen and oxygen atoms in total. The Morgan fingerprint density at radius 2 is 1.97 bits per heavy atom. The Hall–Kier alpha value is -3.10. The van der Waals surface area contributed by atoms with Gasteiger partial charge in [0.25, 0.3) is 0 Å². The second-order valence-electron chi connectivity index (χ2n) is 8.00. The maximum atomic E-state index is 11.9. The fourth-order valence-corrected chi connectivity index (χ4v) is 4.46. The van der Waals surface area contributed by atoms with Gasteiger partial charge < -0.3 is 25.7 Å².